The maximum atomic E-state index is 5.86. The molecule has 2 aromatic rings. The van der Waals surface area contributed by atoms with E-state index in [1.165, 1.54) is 0 Å². The van der Waals surface area contributed by atoms with Gasteiger partial charge < -0.3 is 24.5 Å². The quantitative estimate of drug-likeness (QED) is 0.912. The van der Waals surface area contributed by atoms with Crippen LogP contribution >= 0.6 is 0 Å². The normalized spacial score (nSPS) is 10.8. The van der Waals surface area contributed by atoms with Gasteiger partial charge in [-0.05, 0) is 18.1 Å². The van der Waals surface area contributed by atoms with E-state index in [4.69, 9.17) is 24.5 Å². The molecule has 1 heterocycles. The number of ether oxygens (including phenoxy) is 3. The van der Waals surface area contributed by atoms with Gasteiger partial charge in [-0.2, -0.15) is 0 Å². The average molecular weight is 292 g/mol. The first-order valence-electron chi connectivity index (χ1n) is 6.58. The van der Waals surface area contributed by atoms with Crippen molar-refractivity contribution in [3.8, 4) is 28.5 Å². The lowest BCUT2D eigenvalue weighted by molar-refractivity contribution is 0.324. The van der Waals surface area contributed by atoms with Gasteiger partial charge in [-0.25, -0.2) is 0 Å². The number of methoxy groups -OCH3 is 3. The van der Waals surface area contributed by atoms with Crippen molar-refractivity contribution in [2.24, 2.45) is 0 Å². The summed E-state index contributed by atoms with van der Waals surface area (Å²) < 4.78 is 21.2. The molecule has 0 saturated heterocycles. The van der Waals surface area contributed by atoms with Gasteiger partial charge >= 0.3 is 0 Å². The summed E-state index contributed by atoms with van der Waals surface area (Å²) in [5.74, 6) is 2.16. The second-order valence-corrected chi connectivity index (χ2v) is 4.88. The number of anilines is 1. The first kappa shape index (κ1) is 15.0. The molecule has 0 aliphatic carbocycles. The van der Waals surface area contributed by atoms with E-state index in [1.807, 2.05) is 26.0 Å². The number of benzene rings is 1. The highest BCUT2D eigenvalue weighted by Gasteiger charge is 2.22. The number of aromatic nitrogens is 1. The molecule has 21 heavy (non-hydrogen) atoms. The Bertz CT molecular complexity index is 610. The Kier molecular flexibility index (Phi) is 4.26. The van der Waals surface area contributed by atoms with E-state index in [-0.39, 0.29) is 5.92 Å². The molecule has 0 amide bonds. The maximum Gasteiger partial charge on any atom is 0.226 e. The Labute approximate surface area is 123 Å². The second-order valence-electron chi connectivity index (χ2n) is 4.88. The lowest BCUT2D eigenvalue weighted by Gasteiger charge is -2.14. The Balaban J connectivity index is 2.65. The zero-order valence-electron chi connectivity index (χ0n) is 12.9. The van der Waals surface area contributed by atoms with Gasteiger partial charge in [0.25, 0.3) is 0 Å². The average Bonchev–Trinajstić information content (AvgIpc) is 2.87. The van der Waals surface area contributed by atoms with Gasteiger partial charge in [0.05, 0.1) is 21.3 Å². The van der Waals surface area contributed by atoms with Crippen LogP contribution in [0, 0.1) is 0 Å². The van der Waals surface area contributed by atoms with Crippen molar-refractivity contribution < 1.29 is 18.7 Å². The number of hydrogen-bond donors (Lipinski definition) is 1. The van der Waals surface area contributed by atoms with Crippen LogP contribution in [0.4, 0.5) is 5.88 Å². The van der Waals surface area contributed by atoms with Crippen molar-refractivity contribution in [2.45, 2.75) is 19.8 Å². The standard InChI is InChI=1S/C15H20N2O4/c1-8(2)12-13(17-21-15(12)16)9-6-10(18-3)14(20-5)11(7-9)19-4/h6-8H,16H2,1-5H3. The van der Waals surface area contributed by atoms with Crippen LogP contribution in [0.3, 0.4) is 0 Å². The van der Waals surface area contributed by atoms with E-state index in [1.54, 1.807) is 21.3 Å². The van der Waals surface area contributed by atoms with Crippen molar-refractivity contribution in [1.29, 1.82) is 0 Å². The Morgan fingerprint density at radius 3 is 2.05 bits per heavy atom. The van der Waals surface area contributed by atoms with Crippen LogP contribution in [0.1, 0.15) is 25.3 Å². The van der Waals surface area contributed by atoms with Crippen molar-refractivity contribution in [3.63, 3.8) is 0 Å². The minimum Gasteiger partial charge on any atom is -0.493 e. The number of nitrogens with two attached hydrogens (primary N) is 1. The van der Waals surface area contributed by atoms with Crippen LogP contribution in [0.25, 0.3) is 11.3 Å². The van der Waals surface area contributed by atoms with Gasteiger partial charge in [0.2, 0.25) is 11.6 Å². The zero-order chi connectivity index (χ0) is 15.6. The first-order chi connectivity index (χ1) is 10.0. The Hall–Kier alpha value is -2.37. The summed E-state index contributed by atoms with van der Waals surface area (Å²) in [6, 6.07) is 3.65. The van der Waals surface area contributed by atoms with Crippen molar-refractivity contribution >= 4 is 5.88 Å². The fraction of sp³-hybridized carbons (Fsp3) is 0.400. The monoisotopic (exact) mass is 292 g/mol. The minimum absolute atomic E-state index is 0.186. The molecule has 0 bridgehead atoms. The molecule has 114 valence electrons. The molecule has 0 unspecified atom stereocenters. The fourth-order valence-electron chi connectivity index (χ4n) is 2.29. The van der Waals surface area contributed by atoms with Gasteiger partial charge in [-0.15, -0.1) is 0 Å². The zero-order valence-corrected chi connectivity index (χ0v) is 12.9. The van der Waals surface area contributed by atoms with Crippen LogP contribution in [-0.4, -0.2) is 26.5 Å². The van der Waals surface area contributed by atoms with E-state index in [0.717, 1.165) is 11.1 Å². The predicted molar refractivity (Wildman–Crippen MR) is 80.1 cm³/mol. The van der Waals surface area contributed by atoms with Crippen LogP contribution in [0.2, 0.25) is 0 Å². The van der Waals surface area contributed by atoms with E-state index in [2.05, 4.69) is 5.16 Å². The highest BCUT2D eigenvalue weighted by molar-refractivity contribution is 5.73. The summed E-state index contributed by atoms with van der Waals surface area (Å²) in [6.07, 6.45) is 0. The maximum absolute atomic E-state index is 5.86. The fourth-order valence-corrected chi connectivity index (χ4v) is 2.29. The summed E-state index contributed by atoms with van der Waals surface area (Å²) in [5.41, 5.74) is 8.21. The molecule has 0 aliphatic rings. The molecular formula is C15H20N2O4. The molecule has 0 saturated carbocycles. The molecule has 0 fully saturated rings. The van der Waals surface area contributed by atoms with Gasteiger partial charge in [0.15, 0.2) is 11.5 Å². The molecule has 6 nitrogen and oxygen atoms in total. The highest BCUT2D eigenvalue weighted by atomic mass is 16.5. The van der Waals surface area contributed by atoms with Gasteiger partial charge in [0, 0.05) is 11.1 Å². The van der Waals surface area contributed by atoms with Crippen LogP contribution < -0.4 is 19.9 Å². The van der Waals surface area contributed by atoms with E-state index in [0.29, 0.717) is 28.8 Å². The molecular weight excluding hydrogens is 272 g/mol. The largest absolute Gasteiger partial charge is 0.493 e. The number of nitrogens with zero attached hydrogens (tertiary/aromatic N) is 1. The number of hydrogen-bond acceptors (Lipinski definition) is 6. The third-order valence-electron chi connectivity index (χ3n) is 3.27. The molecule has 1 aromatic carbocycles. The van der Waals surface area contributed by atoms with Crippen molar-refractivity contribution in [1.82, 2.24) is 5.16 Å². The van der Waals surface area contributed by atoms with E-state index < -0.39 is 0 Å². The molecule has 0 atom stereocenters. The van der Waals surface area contributed by atoms with Gasteiger partial charge in [0.1, 0.15) is 5.69 Å². The molecule has 0 spiro atoms. The van der Waals surface area contributed by atoms with Crippen LogP contribution in [-0.2, 0) is 0 Å². The molecule has 2 N–H and O–H groups in total. The summed E-state index contributed by atoms with van der Waals surface area (Å²) in [6.45, 7) is 4.06. The number of nitrogen functional groups attached to an aromatic ring is 1. The third-order valence-corrected chi connectivity index (χ3v) is 3.27. The van der Waals surface area contributed by atoms with E-state index in [9.17, 15) is 0 Å². The Morgan fingerprint density at radius 2 is 1.62 bits per heavy atom. The SMILES string of the molecule is COc1cc(-c2noc(N)c2C(C)C)cc(OC)c1OC. The summed E-state index contributed by atoms with van der Waals surface area (Å²) >= 11 is 0. The molecule has 2 rings (SSSR count). The molecule has 6 heteroatoms. The first-order valence-corrected chi connectivity index (χ1v) is 6.58. The van der Waals surface area contributed by atoms with Crippen molar-refractivity contribution in [3.05, 3.63) is 17.7 Å². The van der Waals surface area contributed by atoms with Crippen LogP contribution in [0.5, 0.6) is 17.2 Å². The lowest BCUT2D eigenvalue weighted by Crippen LogP contribution is -1.98. The summed E-state index contributed by atoms with van der Waals surface area (Å²) in [5, 5.41) is 4.06. The van der Waals surface area contributed by atoms with E-state index >= 15 is 0 Å². The van der Waals surface area contributed by atoms with Gasteiger partial charge in [-0.3, -0.25) is 0 Å². The van der Waals surface area contributed by atoms with Crippen molar-refractivity contribution in [2.75, 3.05) is 27.1 Å². The smallest absolute Gasteiger partial charge is 0.226 e. The highest BCUT2D eigenvalue weighted by Crippen LogP contribution is 2.43. The molecule has 0 radical (unpaired) electrons. The molecule has 0 aliphatic heterocycles. The summed E-state index contributed by atoms with van der Waals surface area (Å²) in [4.78, 5) is 0. The third kappa shape index (κ3) is 2.61. The second kappa shape index (κ2) is 5.95. The predicted octanol–water partition coefficient (Wildman–Crippen LogP) is 3.07. The summed E-state index contributed by atoms with van der Waals surface area (Å²) in [7, 11) is 4.71. The minimum atomic E-state index is 0.186. The lowest BCUT2D eigenvalue weighted by atomic mass is 9.98. The van der Waals surface area contributed by atoms with Crippen LogP contribution in [0.15, 0.2) is 16.7 Å². The van der Waals surface area contributed by atoms with Gasteiger partial charge in [-0.1, -0.05) is 19.0 Å². The molecule has 1 aromatic heterocycles. The number of rotatable bonds is 5. The Morgan fingerprint density at radius 1 is 1.05 bits per heavy atom. The topological polar surface area (TPSA) is 79.7 Å².